The number of benzene rings is 1. The first-order chi connectivity index (χ1) is 11.8. The zero-order chi connectivity index (χ0) is 18.6. The van der Waals surface area contributed by atoms with Crippen LogP contribution in [0, 0.1) is 11.3 Å². The molecule has 5 nitrogen and oxygen atoms in total. The number of hydrogen-bond acceptors (Lipinski definition) is 4. The molecule has 25 heavy (non-hydrogen) atoms. The molecule has 0 saturated carbocycles. The van der Waals surface area contributed by atoms with E-state index in [9.17, 15) is 4.79 Å². The van der Waals surface area contributed by atoms with E-state index in [0.717, 1.165) is 17.9 Å². The molecule has 0 N–H and O–H groups in total. The molecular weight excluding hydrogens is 316 g/mol. The summed E-state index contributed by atoms with van der Waals surface area (Å²) in [6, 6.07) is 9.68. The standard InChI is InChI=1S/C20H30N2O3/c1-7-16-14(2)22(18(20(3,4)5)21-17(16)24-6)19(23)25-13-15-11-9-8-10-12-15/h8-12,14,16,18H,7,13H2,1-6H3/t14-,16-,18+/m0/s1. The summed E-state index contributed by atoms with van der Waals surface area (Å²) in [4.78, 5) is 19.4. The highest BCUT2D eigenvalue weighted by Gasteiger charge is 2.45. The van der Waals surface area contributed by atoms with Gasteiger partial charge in [0.15, 0.2) is 5.90 Å². The van der Waals surface area contributed by atoms with Gasteiger partial charge in [0.2, 0.25) is 0 Å². The fourth-order valence-corrected chi connectivity index (χ4v) is 3.29. The first-order valence-corrected chi connectivity index (χ1v) is 8.90. The number of rotatable bonds is 3. The molecule has 0 fully saturated rings. The Balaban J connectivity index is 2.25. The molecule has 1 aromatic rings. The predicted molar refractivity (Wildman–Crippen MR) is 99.4 cm³/mol. The topological polar surface area (TPSA) is 51.1 Å². The van der Waals surface area contributed by atoms with Crippen LogP contribution < -0.4 is 0 Å². The van der Waals surface area contributed by atoms with Crippen LogP contribution in [0.4, 0.5) is 4.79 Å². The Bertz CT molecular complexity index is 607. The minimum absolute atomic E-state index is 0.0371. The Morgan fingerprint density at radius 1 is 1.24 bits per heavy atom. The van der Waals surface area contributed by atoms with E-state index in [1.807, 2.05) is 37.3 Å². The fourth-order valence-electron chi connectivity index (χ4n) is 3.29. The van der Waals surface area contributed by atoms with E-state index in [0.29, 0.717) is 0 Å². The second-order valence-electron chi connectivity index (χ2n) is 7.61. The van der Waals surface area contributed by atoms with Gasteiger partial charge in [-0.15, -0.1) is 0 Å². The third-order valence-electron chi connectivity index (χ3n) is 4.69. The van der Waals surface area contributed by atoms with E-state index in [1.165, 1.54) is 0 Å². The Hall–Kier alpha value is -2.04. The van der Waals surface area contributed by atoms with Crippen LogP contribution in [-0.4, -0.2) is 36.2 Å². The number of aliphatic imine (C=N–C) groups is 1. The molecule has 0 aromatic heterocycles. The molecular formula is C20H30N2O3. The molecule has 1 aliphatic heterocycles. The van der Waals surface area contributed by atoms with E-state index in [-0.39, 0.29) is 36.2 Å². The molecule has 0 saturated heterocycles. The zero-order valence-electron chi connectivity index (χ0n) is 16.2. The van der Waals surface area contributed by atoms with Crippen LogP contribution in [0.1, 0.15) is 46.6 Å². The summed E-state index contributed by atoms with van der Waals surface area (Å²) in [5.41, 5.74) is 0.753. The first kappa shape index (κ1) is 19.3. The largest absolute Gasteiger partial charge is 0.484 e. The molecule has 1 heterocycles. The van der Waals surface area contributed by atoms with Crippen molar-refractivity contribution in [1.29, 1.82) is 0 Å². The van der Waals surface area contributed by atoms with Crippen LogP contribution in [0.5, 0.6) is 0 Å². The van der Waals surface area contributed by atoms with Crippen molar-refractivity contribution in [3.63, 3.8) is 0 Å². The minimum Gasteiger partial charge on any atom is -0.484 e. The van der Waals surface area contributed by atoms with E-state index in [2.05, 4.69) is 27.7 Å². The van der Waals surface area contributed by atoms with Crippen LogP contribution in [0.2, 0.25) is 0 Å². The molecule has 1 amide bonds. The summed E-state index contributed by atoms with van der Waals surface area (Å²) >= 11 is 0. The summed E-state index contributed by atoms with van der Waals surface area (Å²) in [6.07, 6.45) is 0.213. The summed E-state index contributed by atoms with van der Waals surface area (Å²) < 4.78 is 11.1. The lowest BCUT2D eigenvalue weighted by Crippen LogP contribution is -2.58. The highest BCUT2D eigenvalue weighted by Crippen LogP contribution is 2.35. The highest BCUT2D eigenvalue weighted by atomic mass is 16.6. The second-order valence-corrected chi connectivity index (χ2v) is 7.61. The number of carbonyl (C=O) groups is 1. The molecule has 138 valence electrons. The molecule has 1 aliphatic rings. The van der Waals surface area contributed by atoms with Crippen molar-refractivity contribution in [1.82, 2.24) is 4.90 Å². The van der Waals surface area contributed by atoms with Gasteiger partial charge in [0.05, 0.1) is 13.0 Å². The highest BCUT2D eigenvalue weighted by molar-refractivity contribution is 5.82. The Morgan fingerprint density at radius 2 is 1.88 bits per heavy atom. The molecule has 0 aliphatic carbocycles. The summed E-state index contributed by atoms with van der Waals surface area (Å²) in [5, 5.41) is 0. The zero-order valence-corrected chi connectivity index (χ0v) is 16.2. The molecule has 1 aromatic carbocycles. The van der Waals surface area contributed by atoms with Gasteiger partial charge in [-0.1, -0.05) is 58.0 Å². The van der Waals surface area contributed by atoms with Crippen molar-refractivity contribution < 1.29 is 14.3 Å². The number of methoxy groups -OCH3 is 1. The molecule has 0 bridgehead atoms. The van der Waals surface area contributed by atoms with Gasteiger partial charge in [0.25, 0.3) is 0 Å². The number of ether oxygens (including phenoxy) is 2. The van der Waals surface area contributed by atoms with Crippen molar-refractivity contribution in [2.45, 2.75) is 59.9 Å². The van der Waals surface area contributed by atoms with E-state index < -0.39 is 0 Å². The number of hydrogen-bond donors (Lipinski definition) is 0. The Labute approximate surface area is 151 Å². The first-order valence-electron chi connectivity index (χ1n) is 8.90. The summed E-state index contributed by atoms with van der Waals surface area (Å²) in [6.45, 7) is 10.6. The third-order valence-corrected chi connectivity index (χ3v) is 4.69. The van der Waals surface area contributed by atoms with Crippen molar-refractivity contribution in [3.8, 4) is 0 Å². The lowest BCUT2D eigenvalue weighted by atomic mass is 9.86. The van der Waals surface area contributed by atoms with Gasteiger partial charge in [-0.2, -0.15) is 0 Å². The average Bonchev–Trinajstić information content (AvgIpc) is 2.58. The van der Waals surface area contributed by atoms with Crippen LogP contribution in [-0.2, 0) is 16.1 Å². The number of amides is 1. The van der Waals surface area contributed by atoms with Crippen molar-refractivity contribution in [3.05, 3.63) is 35.9 Å². The van der Waals surface area contributed by atoms with E-state index >= 15 is 0 Å². The van der Waals surface area contributed by atoms with Crippen LogP contribution in [0.15, 0.2) is 35.3 Å². The SMILES string of the molecule is CC[C@@H]1C(OC)=N[C@@H](C(C)(C)C)N(C(=O)OCc2ccccc2)[C@H]1C. The van der Waals surface area contributed by atoms with Crippen molar-refractivity contribution in [2.75, 3.05) is 7.11 Å². The molecule has 0 radical (unpaired) electrons. The van der Waals surface area contributed by atoms with Gasteiger partial charge in [0, 0.05) is 11.5 Å². The fraction of sp³-hybridized carbons (Fsp3) is 0.600. The van der Waals surface area contributed by atoms with Crippen LogP contribution >= 0.6 is 0 Å². The number of nitrogens with zero attached hydrogens (tertiary/aromatic N) is 2. The van der Waals surface area contributed by atoms with Gasteiger partial charge in [-0.05, 0) is 18.9 Å². The van der Waals surface area contributed by atoms with E-state index in [4.69, 9.17) is 14.5 Å². The monoisotopic (exact) mass is 346 g/mol. The maximum atomic E-state index is 12.9. The maximum Gasteiger partial charge on any atom is 0.412 e. The van der Waals surface area contributed by atoms with Crippen LogP contribution in [0.25, 0.3) is 0 Å². The average molecular weight is 346 g/mol. The lowest BCUT2D eigenvalue weighted by molar-refractivity contribution is 0.0167. The third kappa shape index (κ3) is 4.33. The molecule has 5 heteroatoms. The van der Waals surface area contributed by atoms with Crippen molar-refractivity contribution >= 4 is 12.0 Å². The smallest absolute Gasteiger partial charge is 0.412 e. The maximum absolute atomic E-state index is 12.9. The van der Waals surface area contributed by atoms with Crippen LogP contribution in [0.3, 0.4) is 0 Å². The Morgan fingerprint density at radius 3 is 2.40 bits per heavy atom. The molecule has 0 unspecified atom stereocenters. The number of carbonyl (C=O) groups excluding carboxylic acids is 1. The molecule has 2 rings (SSSR count). The predicted octanol–water partition coefficient (Wildman–Crippen LogP) is 4.47. The molecule has 0 spiro atoms. The second kappa shape index (κ2) is 7.89. The van der Waals surface area contributed by atoms with E-state index in [1.54, 1.807) is 12.0 Å². The van der Waals surface area contributed by atoms with Gasteiger partial charge in [0.1, 0.15) is 12.8 Å². The van der Waals surface area contributed by atoms with Gasteiger partial charge in [-0.3, -0.25) is 4.90 Å². The normalized spacial score (nSPS) is 23.8. The van der Waals surface area contributed by atoms with Gasteiger partial charge >= 0.3 is 6.09 Å². The van der Waals surface area contributed by atoms with Gasteiger partial charge in [-0.25, -0.2) is 9.79 Å². The minimum atomic E-state index is -0.325. The van der Waals surface area contributed by atoms with Crippen molar-refractivity contribution in [2.24, 2.45) is 16.3 Å². The summed E-state index contributed by atoms with van der Waals surface area (Å²) in [7, 11) is 1.65. The summed E-state index contributed by atoms with van der Waals surface area (Å²) in [5.74, 6) is 0.801. The molecule has 3 atom stereocenters. The quantitative estimate of drug-likeness (QED) is 0.811. The lowest BCUT2D eigenvalue weighted by Gasteiger charge is -2.46. The van der Waals surface area contributed by atoms with Gasteiger partial charge < -0.3 is 9.47 Å². The Kier molecular flexibility index (Phi) is 6.09.